The Labute approximate surface area is 137 Å². The Hall–Kier alpha value is -2.55. The third-order valence-corrected chi connectivity index (χ3v) is 4.06. The predicted molar refractivity (Wildman–Crippen MR) is 81.7 cm³/mol. The number of carbonyl (C=O) groups excluding carboxylic acids is 1. The van der Waals surface area contributed by atoms with Gasteiger partial charge in [-0.15, -0.1) is 0 Å². The summed E-state index contributed by atoms with van der Waals surface area (Å²) in [5, 5.41) is 20.6. The number of halogens is 1. The number of nitrogens with one attached hydrogen (secondary N) is 1. The van der Waals surface area contributed by atoms with Crippen molar-refractivity contribution < 1.29 is 18.9 Å². The number of hydrogen-bond donors (Lipinski definition) is 2. The minimum atomic E-state index is -1.05. The Morgan fingerprint density at radius 2 is 2.33 bits per heavy atom. The monoisotopic (exact) mass is 335 g/mol. The number of pyridine rings is 1. The quantitative estimate of drug-likeness (QED) is 0.805. The second kappa shape index (κ2) is 6.52. The normalized spacial score (nSPS) is 20.4. The van der Waals surface area contributed by atoms with Crippen molar-refractivity contribution in [2.45, 2.75) is 25.4 Å². The second-order valence-electron chi connectivity index (χ2n) is 5.98. The van der Waals surface area contributed by atoms with Crippen LogP contribution in [0.2, 0.25) is 0 Å². The summed E-state index contributed by atoms with van der Waals surface area (Å²) in [5.74, 6) is -0.0679. The lowest BCUT2D eigenvalue weighted by atomic mass is 10.0. The van der Waals surface area contributed by atoms with E-state index >= 15 is 0 Å². The number of aliphatic hydroxyl groups is 1. The number of aryl methyl sites for hydroxylation is 1. The Morgan fingerprint density at radius 3 is 3.00 bits per heavy atom. The summed E-state index contributed by atoms with van der Waals surface area (Å²) in [7, 11) is 0. The van der Waals surface area contributed by atoms with Gasteiger partial charge in [-0.05, 0) is 25.5 Å². The van der Waals surface area contributed by atoms with Gasteiger partial charge in [0.05, 0.1) is 12.6 Å². The van der Waals surface area contributed by atoms with Crippen molar-refractivity contribution in [3.8, 4) is 0 Å². The first-order valence-corrected chi connectivity index (χ1v) is 7.59. The lowest BCUT2D eigenvalue weighted by Crippen LogP contribution is -2.45. The molecule has 0 radical (unpaired) electrons. The van der Waals surface area contributed by atoms with Gasteiger partial charge in [0.15, 0.2) is 0 Å². The summed E-state index contributed by atoms with van der Waals surface area (Å²) in [6, 6.07) is 2.90. The van der Waals surface area contributed by atoms with E-state index in [1.54, 1.807) is 13.0 Å². The maximum Gasteiger partial charge on any atom is 0.226 e. The van der Waals surface area contributed by atoms with Crippen LogP contribution in [0.4, 0.5) is 10.2 Å². The molecule has 1 fully saturated rings. The molecule has 0 aliphatic carbocycles. The number of hydrogen-bond acceptors (Lipinski definition) is 7. The van der Waals surface area contributed by atoms with Crippen LogP contribution in [0.1, 0.15) is 17.8 Å². The highest BCUT2D eigenvalue weighted by molar-refractivity contribution is 5.78. The summed E-state index contributed by atoms with van der Waals surface area (Å²) in [5.41, 5.74) is -0.00983. The molecule has 0 saturated carbocycles. The van der Waals surface area contributed by atoms with Gasteiger partial charge in [0.25, 0.3) is 0 Å². The molecule has 9 heteroatoms. The molecule has 0 unspecified atom stereocenters. The number of amides is 1. The average Bonchev–Trinajstić information content (AvgIpc) is 3.14. The van der Waals surface area contributed by atoms with Crippen molar-refractivity contribution >= 4 is 11.7 Å². The van der Waals surface area contributed by atoms with Crippen LogP contribution in [0.5, 0.6) is 0 Å². The summed E-state index contributed by atoms with van der Waals surface area (Å²) >= 11 is 0. The van der Waals surface area contributed by atoms with Crippen LogP contribution in [-0.4, -0.2) is 51.5 Å². The van der Waals surface area contributed by atoms with Crippen molar-refractivity contribution in [3.05, 3.63) is 35.5 Å². The maximum absolute atomic E-state index is 12.9. The predicted octanol–water partition coefficient (Wildman–Crippen LogP) is 0.212. The highest BCUT2D eigenvalue weighted by Crippen LogP contribution is 2.25. The van der Waals surface area contributed by atoms with Crippen LogP contribution in [0.25, 0.3) is 0 Å². The van der Waals surface area contributed by atoms with Gasteiger partial charge in [0.1, 0.15) is 28.6 Å². The first-order valence-electron chi connectivity index (χ1n) is 7.59. The Kier molecular flexibility index (Phi) is 4.43. The minimum absolute atomic E-state index is 0.0502. The standard InChI is InChI=1S/C15H18FN5O3/c1-10-12(20-24-19-10)6-14(22)18-8-15(23)4-5-21(9-15)13-3-2-11(16)7-17-13/h2-3,7,23H,4-6,8-9H2,1H3,(H,18,22)/t15-/m0/s1. The lowest BCUT2D eigenvalue weighted by molar-refractivity contribution is -0.121. The Balaban J connectivity index is 1.53. The first-order chi connectivity index (χ1) is 11.5. The molecule has 1 saturated heterocycles. The van der Waals surface area contributed by atoms with Crippen molar-refractivity contribution in [2.24, 2.45) is 0 Å². The van der Waals surface area contributed by atoms with Gasteiger partial charge in [-0.3, -0.25) is 4.79 Å². The fourth-order valence-corrected chi connectivity index (χ4v) is 2.64. The molecule has 24 heavy (non-hydrogen) atoms. The molecule has 2 aromatic rings. The van der Waals surface area contributed by atoms with E-state index in [0.29, 0.717) is 36.7 Å². The fraction of sp³-hybridized carbons (Fsp3) is 0.467. The third kappa shape index (κ3) is 3.67. The van der Waals surface area contributed by atoms with Gasteiger partial charge in [0.2, 0.25) is 5.91 Å². The van der Waals surface area contributed by atoms with Crippen molar-refractivity contribution in [3.63, 3.8) is 0 Å². The van der Waals surface area contributed by atoms with Gasteiger partial charge < -0.3 is 15.3 Å². The average molecular weight is 335 g/mol. The molecule has 3 heterocycles. The molecular formula is C15H18FN5O3. The molecule has 1 aliphatic heterocycles. The topological polar surface area (TPSA) is 104 Å². The molecule has 1 amide bonds. The van der Waals surface area contributed by atoms with Crippen molar-refractivity contribution in [2.75, 3.05) is 24.5 Å². The molecule has 8 nitrogen and oxygen atoms in total. The molecule has 0 aromatic carbocycles. The van der Waals surface area contributed by atoms with Gasteiger partial charge in [-0.25, -0.2) is 14.0 Å². The van der Waals surface area contributed by atoms with Crippen LogP contribution in [-0.2, 0) is 11.2 Å². The first kappa shape index (κ1) is 16.3. The van der Waals surface area contributed by atoms with Gasteiger partial charge in [-0.1, -0.05) is 10.3 Å². The SMILES string of the molecule is Cc1nonc1CC(=O)NC[C@@]1(O)CCN(c2ccc(F)cn2)C1. The van der Waals surface area contributed by atoms with E-state index in [-0.39, 0.29) is 18.9 Å². The molecule has 2 N–H and O–H groups in total. The van der Waals surface area contributed by atoms with E-state index < -0.39 is 11.4 Å². The zero-order chi connectivity index (χ0) is 17.2. The summed E-state index contributed by atoms with van der Waals surface area (Å²) < 4.78 is 17.5. The van der Waals surface area contributed by atoms with Gasteiger partial charge >= 0.3 is 0 Å². The van der Waals surface area contributed by atoms with Crippen LogP contribution < -0.4 is 10.2 Å². The number of carbonyl (C=O) groups is 1. The van der Waals surface area contributed by atoms with Crippen LogP contribution >= 0.6 is 0 Å². The largest absolute Gasteiger partial charge is 0.386 e. The molecule has 1 aliphatic rings. The number of anilines is 1. The fourth-order valence-electron chi connectivity index (χ4n) is 2.64. The highest BCUT2D eigenvalue weighted by atomic mass is 19.1. The summed E-state index contributed by atoms with van der Waals surface area (Å²) in [4.78, 5) is 17.8. The molecule has 0 bridgehead atoms. The number of rotatable bonds is 5. The van der Waals surface area contributed by atoms with Crippen molar-refractivity contribution in [1.29, 1.82) is 0 Å². The van der Waals surface area contributed by atoms with Crippen LogP contribution in [0.15, 0.2) is 23.0 Å². The van der Waals surface area contributed by atoms with E-state index in [2.05, 4.69) is 25.2 Å². The maximum atomic E-state index is 12.9. The third-order valence-electron chi connectivity index (χ3n) is 4.06. The van der Waals surface area contributed by atoms with Gasteiger partial charge in [0, 0.05) is 19.6 Å². The van der Waals surface area contributed by atoms with Crippen molar-refractivity contribution in [1.82, 2.24) is 20.6 Å². The zero-order valence-electron chi connectivity index (χ0n) is 13.2. The number of aromatic nitrogens is 3. The lowest BCUT2D eigenvalue weighted by Gasteiger charge is -2.24. The van der Waals surface area contributed by atoms with Crippen LogP contribution in [0, 0.1) is 12.7 Å². The van der Waals surface area contributed by atoms with E-state index in [4.69, 9.17) is 0 Å². The molecule has 0 spiro atoms. The molecule has 2 aromatic heterocycles. The van der Waals surface area contributed by atoms with E-state index in [1.807, 2.05) is 4.90 Å². The summed E-state index contributed by atoms with van der Waals surface area (Å²) in [6.07, 6.45) is 1.67. The minimum Gasteiger partial charge on any atom is -0.386 e. The van der Waals surface area contributed by atoms with E-state index in [0.717, 1.165) is 6.20 Å². The van der Waals surface area contributed by atoms with Gasteiger partial charge in [-0.2, -0.15) is 0 Å². The van der Waals surface area contributed by atoms with E-state index in [1.165, 1.54) is 6.07 Å². The Bertz CT molecular complexity index is 720. The molecule has 3 rings (SSSR count). The highest BCUT2D eigenvalue weighted by Gasteiger charge is 2.37. The summed E-state index contributed by atoms with van der Waals surface area (Å²) in [6.45, 7) is 2.72. The molecule has 1 atom stereocenters. The molecule has 128 valence electrons. The smallest absolute Gasteiger partial charge is 0.226 e. The Morgan fingerprint density at radius 1 is 1.50 bits per heavy atom. The second-order valence-corrected chi connectivity index (χ2v) is 5.98. The van der Waals surface area contributed by atoms with Crippen LogP contribution in [0.3, 0.4) is 0 Å². The number of β-amino-alcohol motifs (C(OH)–C–C–N with tert-alkyl or cyclic N) is 1. The molecular weight excluding hydrogens is 317 g/mol. The zero-order valence-corrected chi connectivity index (χ0v) is 13.2. The number of nitrogens with zero attached hydrogens (tertiary/aromatic N) is 4. The van der Waals surface area contributed by atoms with E-state index in [9.17, 15) is 14.3 Å².